The van der Waals surface area contributed by atoms with E-state index in [-0.39, 0.29) is 22.9 Å². The summed E-state index contributed by atoms with van der Waals surface area (Å²) in [4.78, 5) is 23.7. The van der Waals surface area contributed by atoms with Crippen LogP contribution in [0.2, 0.25) is 0 Å². The van der Waals surface area contributed by atoms with Gasteiger partial charge in [-0.05, 0) is 53.0 Å². The van der Waals surface area contributed by atoms with Crippen LogP contribution in [0.4, 0.5) is 22.7 Å². The predicted octanol–water partition coefficient (Wildman–Crippen LogP) is 6.12. The maximum absolute atomic E-state index is 11.1. The second-order valence-electron chi connectivity index (χ2n) is 7.04. The molecule has 2 aromatic carbocycles. The summed E-state index contributed by atoms with van der Waals surface area (Å²) in [6.45, 7) is 7.13. The number of anilines is 1. The fraction of sp³-hybridized carbons (Fsp3) is 0.364. The number of esters is 1. The van der Waals surface area contributed by atoms with Crippen molar-refractivity contribution >= 4 is 44.6 Å². The molecule has 0 spiro atoms. The molecule has 0 aliphatic rings. The molecule has 0 amide bonds. The van der Waals surface area contributed by atoms with E-state index in [1.807, 2.05) is 31.2 Å². The van der Waals surface area contributed by atoms with Crippen molar-refractivity contribution in [3.63, 3.8) is 0 Å². The molecule has 0 atom stereocenters. The number of rotatable bonds is 10. The quantitative estimate of drug-likeness (QED) is 0.167. The number of carbonyl (C=O) groups is 1. The molecule has 10 heteroatoms. The molecule has 9 nitrogen and oxygen atoms in total. The van der Waals surface area contributed by atoms with Gasteiger partial charge in [0.2, 0.25) is 0 Å². The Morgan fingerprint density at radius 1 is 1.28 bits per heavy atom. The number of nitro groups is 1. The third kappa shape index (κ3) is 6.85. The van der Waals surface area contributed by atoms with E-state index in [9.17, 15) is 20.2 Å². The molecule has 0 aliphatic heterocycles. The number of hydrogen-bond acceptors (Lipinski definition) is 8. The number of halogens is 1. The van der Waals surface area contributed by atoms with Gasteiger partial charge in [0, 0.05) is 31.3 Å². The monoisotopic (exact) mass is 501 g/mol. The lowest BCUT2D eigenvalue weighted by molar-refractivity contribution is -0.384. The lowest BCUT2D eigenvalue weighted by atomic mass is 10.1. The summed E-state index contributed by atoms with van der Waals surface area (Å²) in [7, 11) is 0. The van der Waals surface area contributed by atoms with Crippen LogP contribution < -0.4 is 4.90 Å². The van der Waals surface area contributed by atoms with Crippen molar-refractivity contribution in [1.82, 2.24) is 0 Å². The molecular formula is C22H24BrN5O4. The van der Waals surface area contributed by atoms with Gasteiger partial charge < -0.3 is 9.64 Å². The van der Waals surface area contributed by atoms with E-state index in [2.05, 4.69) is 38.0 Å². The maximum atomic E-state index is 11.1. The highest BCUT2D eigenvalue weighted by Crippen LogP contribution is 2.35. The van der Waals surface area contributed by atoms with Crippen LogP contribution in [0.1, 0.15) is 37.8 Å². The molecule has 0 N–H and O–H groups in total. The average Bonchev–Trinajstić information content (AvgIpc) is 2.75. The summed E-state index contributed by atoms with van der Waals surface area (Å²) < 4.78 is 5.40. The molecule has 0 bridgehead atoms. The molecule has 2 rings (SSSR count). The van der Waals surface area contributed by atoms with Crippen molar-refractivity contribution in [2.75, 3.05) is 24.6 Å². The predicted molar refractivity (Wildman–Crippen MR) is 125 cm³/mol. The molecule has 0 heterocycles. The molecule has 0 saturated heterocycles. The SMILES string of the molecule is CCCCN(CCOC(C)=O)c1ccc(N=Nc2c(Br)cc([N+](=O)[O-])cc2C#N)c(C)c1. The molecule has 0 saturated carbocycles. The lowest BCUT2D eigenvalue weighted by Crippen LogP contribution is -2.29. The van der Waals surface area contributed by atoms with Gasteiger partial charge in [0.1, 0.15) is 18.4 Å². The van der Waals surface area contributed by atoms with E-state index in [0.717, 1.165) is 30.6 Å². The normalized spacial score (nSPS) is 10.7. The number of nitrogens with zero attached hydrogens (tertiary/aromatic N) is 5. The van der Waals surface area contributed by atoms with Gasteiger partial charge in [-0.25, -0.2) is 0 Å². The summed E-state index contributed by atoms with van der Waals surface area (Å²) in [5.41, 5.74) is 2.55. The number of unbranched alkanes of at least 4 members (excludes halogenated alkanes) is 1. The van der Waals surface area contributed by atoms with Crippen molar-refractivity contribution in [3.05, 3.63) is 56.0 Å². The highest BCUT2D eigenvalue weighted by Gasteiger charge is 2.15. The Labute approximate surface area is 195 Å². The smallest absolute Gasteiger partial charge is 0.302 e. The van der Waals surface area contributed by atoms with Gasteiger partial charge in [-0.2, -0.15) is 10.4 Å². The van der Waals surface area contributed by atoms with Crippen molar-refractivity contribution < 1.29 is 14.5 Å². The van der Waals surface area contributed by atoms with Gasteiger partial charge in [-0.1, -0.05) is 13.3 Å². The highest BCUT2D eigenvalue weighted by molar-refractivity contribution is 9.10. The number of hydrogen-bond donors (Lipinski definition) is 0. The van der Waals surface area contributed by atoms with Crippen molar-refractivity contribution in [1.29, 1.82) is 5.26 Å². The van der Waals surface area contributed by atoms with Gasteiger partial charge in [0.25, 0.3) is 5.69 Å². The van der Waals surface area contributed by atoms with Crippen LogP contribution in [0.3, 0.4) is 0 Å². The van der Waals surface area contributed by atoms with Crippen LogP contribution in [0.5, 0.6) is 0 Å². The standard InChI is InChI=1S/C22H24BrN5O4/c1-4-5-8-27(9-10-32-16(3)29)18-6-7-21(15(2)11-18)25-26-22-17(14-24)12-19(28(30)31)13-20(22)23/h6-7,11-13H,4-5,8-10H2,1-3H3. The molecule has 0 aromatic heterocycles. The average molecular weight is 502 g/mol. The van der Waals surface area contributed by atoms with Gasteiger partial charge >= 0.3 is 5.97 Å². The number of ether oxygens (including phenoxy) is 1. The largest absolute Gasteiger partial charge is 0.464 e. The molecule has 0 unspecified atom stereocenters. The molecule has 2 aromatic rings. The van der Waals surface area contributed by atoms with Crippen molar-refractivity contribution in [2.45, 2.75) is 33.6 Å². The second-order valence-corrected chi connectivity index (χ2v) is 7.90. The zero-order chi connectivity index (χ0) is 23.7. The number of benzene rings is 2. The van der Waals surface area contributed by atoms with Crippen LogP contribution in [0.15, 0.2) is 45.0 Å². The molecular weight excluding hydrogens is 478 g/mol. The van der Waals surface area contributed by atoms with E-state index in [4.69, 9.17) is 4.74 Å². The fourth-order valence-electron chi connectivity index (χ4n) is 2.95. The van der Waals surface area contributed by atoms with E-state index in [0.29, 0.717) is 23.3 Å². The van der Waals surface area contributed by atoms with E-state index in [1.54, 1.807) is 0 Å². The van der Waals surface area contributed by atoms with E-state index < -0.39 is 4.92 Å². The summed E-state index contributed by atoms with van der Waals surface area (Å²) in [5.74, 6) is -0.304. The third-order valence-corrected chi connectivity index (χ3v) is 5.24. The Bertz CT molecular complexity index is 1070. The number of nitro benzene ring substituents is 1. The van der Waals surface area contributed by atoms with Crippen LogP contribution in [-0.2, 0) is 9.53 Å². The number of non-ortho nitro benzene ring substituents is 1. The van der Waals surface area contributed by atoms with Crippen LogP contribution in [0.25, 0.3) is 0 Å². The van der Waals surface area contributed by atoms with Gasteiger partial charge in [0.15, 0.2) is 0 Å². The first-order valence-corrected chi connectivity index (χ1v) is 10.8. The Morgan fingerprint density at radius 2 is 2.03 bits per heavy atom. The summed E-state index contributed by atoms with van der Waals surface area (Å²) in [6.07, 6.45) is 2.05. The molecule has 32 heavy (non-hydrogen) atoms. The lowest BCUT2D eigenvalue weighted by Gasteiger charge is -2.25. The first-order chi connectivity index (χ1) is 15.3. The van der Waals surface area contributed by atoms with Crippen molar-refractivity contribution in [2.24, 2.45) is 10.2 Å². The maximum Gasteiger partial charge on any atom is 0.302 e. The Morgan fingerprint density at radius 3 is 2.62 bits per heavy atom. The first-order valence-electron chi connectivity index (χ1n) is 10.1. The van der Waals surface area contributed by atoms with Crippen LogP contribution in [0, 0.1) is 28.4 Å². The number of carbonyl (C=O) groups excluding carboxylic acids is 1. The summed E-state index contributed by atoms with van der Waals surface area (Å²) in [5, 5.41) is 28.8. The number of aryl methyl sites for hydroxylation is 1. The van der Waals surface area contributed by atoms with E-state index in [1.165, 1.54) is 19.1 Å². The number of nitriles is 1. The number of azo groups is 1. The topological polar surface area (TPSA) is 121 Å². The zero-order valence-electron chi connectivity index (χ0n) is 18.2. The van der Waals surface area contributed by atoms with Gasteiger partial charge in [-0.15, -0.1) is 5.11 Å². The molecule has 0 radical (unpaired) electrons. The minimum Gasteiger partial charge on any atom is -0.464 e. The fourth-order valence-corrected chi connectivity index (χ4v) is 3.48. The minimum atomic E-state index is -0.568. The minimum absolute atomic E-state index is 0.0558. The van der Waals surface area contributed by atoms with Crippen LogP contribution >= 0.6 is 15.9 Å². The van der Waals surface area contributed by atoms with Gasteiger partial charge in [-0.3, -0.25) is 14.9 Å². The zero-order valence-corrected chi connectivity index (χ0v) is 19.8. The Balaban J connectivity index is 2.27. The van der Waals surface area contributed by atoms with Crippen LogP contribution in [-0.4, -0.2) is 30.6 Å². The third-order valence-electron chi connectivity index (χ3n) is 4.63. The molecule has 0 fully saturated rings. The highest BCUT2D eigenvalue weighted by atomic mass is 79.9. The summed E-state index contributed by atoms with van der Waals surface area (Å²) in [6, 6.07) is 10.1. The Kier molecular flexibility index (Phi) is 9.28. The van der Waals surface area contributed by atoms with Gasteiger partial charge in [0.05, 0.1) is 27.2 Å². The summed E-state index contributed by atoms with van der Waals surface area (Å²) >= 11 is 3.24. The molecule has 168 valence electrons. The van der Waals surface area contributed by atoms with Crippen molar-refractivity contribution in [3.8, 4) is 6.07 Å². The second kappa shape index (κ2) is 11.9. The molecule has 0 aliphatic carbocycles. The Hall–Kier alpha value is -3.32. The van der Waals surface area contributed by atoms with E-state index >= 15 is 0 Å². The first kappa shape index (κ1) is 24.9.